The van der Waals surface area contributed by atoms with Gasteiger partial charge in [0.15, 0.2) is 0 Å². The Kier molecular flexibility index (Phi) is 4.44. The summed E-state index contributed by atoms with van der Waals surface area (Å²) in [6.45, 7) is 4.22. The van der Waals surface area contributed by atoms with Gasteiger partial charge in [-0.3, -0.25) is 0 Å². The number of halogens is 1. The second kappa shape index (κ2) is 6.07. The van der Waals surface area contributed by atoms with Crippen molar-refractivity contribution in [1.82, 2.24) is 10.3 Å². The first kappa shape index (κ1) is 13.2. The van der Waals surface area contributed by atoms with E-state index in [1.807, 2.05) is 23.7 Å². The van der Waals surface area contributed by atoms with Crippen molar-refractivity contribution in [3.63, 3.8) is 0 Å². The summed E-state index contributed by atoms with van der Waals surface area (Å²) in [4.78, 5) is 4.31. The molecule has 1 heterocycles. The minimum atomic E-state index is -0.193. The van der Waals surface area contributed by atoms with Crippen LogP contribution in [0.25, 0.3) is 0 Å². The zero-order chi connectivity index (χ0) is 13.0. The average Bonchev–Trinajstić information content (AvgIpc) is 2.91. The highest BCUT2D eigenvalue weighted by atomic mass is 32.1. The number of benzene rings is 1. The highest BCUT2D eigenvalue weighted by Crippen LogP contribution is 2.23. The molecule has 96 valence electrons. The molecule has 0 saturated heterocycles. The van der Waals surface area contributed by atoms with E-state index in [4.69, 9.17) is 0 Å². The fourth-order valence-corrected chi connectivity index (χ4v) is 2.62. The summed E-state index contributed by atoms with van der Waals surface area (Å²) in [5, 5.41) is 6.59. The molecule has 0 spiro atoms. The molecule has 0 aliphatic heterocycles. The molecule has 2 aromatic rings. The van der Waals surface area contributed by atoms with Crippen molar-refractivity contribution >= 4 is 11.3 Å². The van der Waals surface area contributed by atoms with E-state index in [1.165, 1.54) is 12.1 Å². The number of aromatic nitrogens is 1. The molecule has 0 aliphatic carbocycles. The minimum Gasteiger partial charge on any atom is -0.301 e. The fourth-order valence-electron chi connectivity index (χ4n) is 1.97. The van der Waals surface area contributed by atoms with Gasteiger partial charge in [-0.2, -0.15) is 0 Å². The standard InChI is InChI=1S/C14H17FN2S/c1-3-13(11-4-6-12(15)7-5-11)17-10(2)14-16-8-9-18-14/h4-10,13,17H,3H2,1-2H3. The summed E-state index contributed by atoms with van der Waals surface area (Å²) in [6.07, 6.45) is 2.78. The Labute approximate surface area is 111 Å². The van der Waals surface area contributed by atoms with Gasteiger partial charge < -0.3 is 5.32 Å². The van der Waals surface area contributed by atoms with Gasteiger partial charge >= 0.3 is 0 Å². The summed E-state index contributed by atoms with van der Waals surface area (Å²) < 4.78 is 12.9. The van der Waals surface area contributed by atoms with Crippen molar-refractivity contribution in [3.05, 3.63) is 52.2 Å². The molecule has 1 N–H and O–H groups in total. The van der Waals surface area contributed by atoms with E-state index in [0.717, 1.165) is 17.0 Å². The van der Waals surface area contributed by atoms with E-state index in [-0.39, 0.29) is 17.9 Å². The summed E-state index contributed by atoms with van der Waals surface area (Å²) in [7, 11) is 0. The number of thiazole rings is 1. The SMILES string of the molecule is CCC(NC(C)c1nccs1)c1ccc(F)cc1. The van der Waals surface area contributed by atoms with Gasteiger partial charge in [0.25, 0.3) is 0 Å². The van der Waals surface area contributed by atoms with Crippen molar-refractivity contribution in [2.75, 3.05) is 0 Å². The molecule has 2 rings (SSSR count). The number of nitrogens with zero attached hydrogens (tertiary/aromatic N) is 1. The molecule has 2 unspecified atom stereocenters. The van der Waals surface area contributed by atoms with Gasteiger partial charge in [0.1, 0.15) is 10.8 Å². The van der Waals surface area contributed by atoms with E-state index in [1.54, 1.807) is 11.3 Å². The van der Waals surface area contributed by atoms with Gasteiger partial charge in [0.05, 0.1) is 6.04 Å². The quantitative estimate of drug-likeness (QED) is 0.880. The maximum absolute atomic E-state index is 12.9. The lowest BCUT2D eigenvalue weighted by molar-refractivity contribution is 0.454. The molecular formula is C14H17FN2S. The Morgan fingerprint density at radius 3 is 2.61 bits per heavy atom. The van der Waals surface area contributed by atoms with Crippen molar-refractivity contribution in [1.29, 1.82) is 0 Å². The van der Waals surface area contributed by atoms with Gasteiger partial charge in [-0.05, 0) is 31.0 Å². The molecule has 0 bridgehead atoms. The second-order valence-electron chi connectivity index (χ2n) is 4.27. The Morgan fingerprint density at radius 2 is 2.06 bits per heavy atom. The van der Waals surface area contributed by atoms with Crippen LogP contribution in [0.15, 0.2) is 35.8 Å². The molecule has 0 aliphatic rings. The van der Waals surface area contributed by atoms with E-state index in [0.29, 0.717) is 0 Å². The van der Waals surface area contributed by atoms with Crippen LogP contribution in [-0.2, 0) is 0 Å². The smallest absolute Gasteiger partial charge is 0.123 e. The van der Waals surface area contributed by atoms with Gasteiger partial charge in [0.2, 0.25) is 0 Å². The van der Waals surface area contributed by atoms with Crippen molar-refractivity contribution in [3.8, 4) is 0 Å². The molecular weight excluding hydrogens is 247 g/mol. The third-order valence-electron chi connectivity index (χ3n) is 2.95. The lowest BCUT2D eigenvalue weighted by Gasteiger charge is -2.21. The first-order valence-corrected chi connectivity index (χ1v) is 6.99. The number of hydrogen-bond donors (Lipinski definition) is 1. The average molecular weight is 264 g/mol. The summed E-state index contributed by atoms with van der Waals surface area (Å²) in [5.41, 5.74) is 1.11. The summed E-state index contributed by atoms with van der Waals surface area (Å²) in [6, 6.07) is 7.13. The molecule has 2 atom stereocenters. The highest BCUT2D eigenvalue weighted by Gasteiger charge is 2.15. The predicted molar refractivity (Wildman–Crippen MR) is 73.1 cm³/mol. The van der Waals surface area contributed by atoms with Crippen LogP contribution in [0.3, 0.4) is 0 Å². The van der Waals surface area contributed by atoms with E-state index >= 15 is 0 Å². The van der Waals surface area contributed by atoms with Crippen LogP contribution in [0.5, 0.6) is 0 Å². The lowest BCUT2D eigenvalue weighted by Crippen LogP contribution is -2.24. The normalized spacial score (nSPS) is 14.4. The summed E-state index contributed by atoms with van der Waals surface area (Å²) in [5.74, 6) is -0.193. The largest absolute Gasteiger partial charge is 0.301 e. The van der Waals surface area contributed by atoms with Crippen LogP contribution in [0.1, 0.15) is 42.9 Å². The van der Waals surface area contributed by atoms with Gasteiger partial charge in [-0.15, -0.1) is 11.3 Å². The topological polar surface area (TPSA) is 24.9 Å². The minimum absolute atomic E-state index is 0.193. The van der Waals surface area contributed by atoms with Crippen molar-refractivity contribution < 1.29 is 4.39 Å². The van der Waals surface area contributed by atoms with Crippen LogP contribution in [-0.4, -0.2) is 4.98 Å². The first-order valence-electron chi connectivity index (χ1n) is 6.11. The molecule has 4 heteroatoms. The Bertz CT molecular complexity index is 467. The van der Waals surface area contributed by atoms with E-state index in [2.05, 4.69) is 24.1 Å². The Balaban J connectivity index is 2.07. The van der Waals surface area contributed by atoms with Crippen LogP contribution in [0.4, 0.5) is 4.39 Å². The van der Waals surface area contributed by atoms with E-state index in [9.17, 15) is 4.39 Å². The Hall–Kier alpha value is -1.26. The zero-order valence-electron chi connectivity index (χ0n) is 10.6. The highest BCUT2D eigenvalue weighted by molar-refractivity contribution is 7.09. The van der Waals surface area contributed by atoms with Gasteiger partial charge in [-0.1, -0.05) is 19.1 Å². The monoisotopic (exact) mass is 264 g/mol. The number of nitrogens with one attached hydrogen (secondary N) is 1. The molecule has 2 nitrogen and oxygen atoms in total. The molecule has 0 radical (unpaired) electrons. The molecule has 0 fully saturated rings. The fraction of sp³-hybridized carbons (Fsp3) is 0.357. The maximum atomic E-state index is 12.9. The van der Waals surface area contributed by atoms with Crippen LogP contribution in [0.2, 0.25) is 0 Å². The van der Waals surface area contributed by atoms with Crippen LogP contribution < -0.4 is 5.32 Å². The van der Waals surface area contributed by atoms with Crippen molar-refractivity contribution in [2.45, 2.75) is 32.4 Å². The maximum Gasteiger partial charge on any atom is 0.123 e. The van der Waals surface area contributed by atoms with E-state index < -0.39 is 0 Å². The number of rotatable bonds is 5. The number of hydrogen-bond acceptors (Lipinski definition) is 3. The predicted octanol–water partition coefficient (Wildman–Crippen LogP) is 4.08. The molecule has 1 aromatic carbocycles. The van der Waals surface area contributed by atoms with Crippen LogP contribution >= 0.6 is 11.3 Å². The third kappa shape index (κ3) is 3.15. The van der Waals surface area contributed by atoms with Crippen LogP contribution in [0, 0.1) is 5.82 Å². The van der Waals surface area contributed by atoms with Gasteiger partial charge in [-0.25, -0.2) is 9.37 Å². The zero-order valence-corrected chi connectivity index (χ0v) is 11.4. The Morgan fingerprint density at radius 1 is 1.33 bits per heavy atom. The lowest BCUT2D eigenvalue weighted by atomic mass is 10.0. The molecule has 0 saturated carbocycles. The van der Waals surface area contributed by atoms with Crippen molar-refractivity contribution in [2.24, 2.45) is 0 Å². The molecule has 1 aromatic heterocycles. The molecule has 18 heavy (non-hydrogen) atoms. The third-order valence-corrected chi connectivity index (χ3v) is 3.91. The second-order valence-corrected chi connectivity index (χ2v) is 5.20. The first-order chi connectivity index (χ1) is 8.70. The van der Waals surface area contributed by atoms with Gasteiger partial charge in [0, 0.05) is 17.6 Å². The summed E-state index contributed by atoms with van der Waals surface area (Å²) >= 11 is 1.65. The molecule has 0 amide bonds.